The van der Waals surface area contributed by atoms with Crippen molar-refractivity contribution in [2.75, 3.05) is 0 Å². The van der Waals surface area contributed by atoms with E-state index in [1.807, 2.05) is 49.0 Å². The molecule has 0 bridgehead atoms. The highest BCUT2D eigenvalue weighted by Gasteiger charge is 2.38. The van der Waals surface area contributed by atoms with E-state index in [1.54, 1.807) is 16.4 Å². The highest BCUT2D eigenvalue weighted by atomic mass is 32.2. The van der Waals surface area contributed by atoms with Crippen LogP contribution in [-0.2, 0) is 23.6 Å². The first-order valence-corrected chi connectivity index (χ1v) is 8.61. The Hall–Kier alpha value is -1.59. The molecular weight excluding hydrogens is 284 g/mol. The average Bonchev–Trinajstić information content (AvgIpc) is 3.20. The maximum absolute atomic E-state index is 12.9. The smallest absolute Gasteiger partial charge is 0.243 e. The minimum Gasteiger partial charge on any atom is -0.353 e. The van der Waals surface area contributed by atoms with E-state index in [-0.39, 0.29) is 6.04 Å². The lowest BCUT2D eigenvalue weighted by molar-refractivity contribution is 0.390. The Labute approximate surface area is 126 Å². The van der Waals surface area contributed by atoms with Crippen molar-refractivity contribution in [3.8, 4) is 0 Å². The van der Waals surface area contributed by atoms with Crippen LogP contribution in [0.25, 0.3) is 0 Å². The van der Waals surface area contributed by atoms with Gasteiger partial charge in [0.2, 0.25) is 10.0 Å². The molecule has 5 heteroatoms. The van der Waals surface area contributed by atoms with Crippen molar-refractivity contribution in [2.45, 2.75) is 37.2 Å². The third-order valence-electron chi connectivity index (χ3n) is 3.95. The predicted molar refractivity (Wildman–Crippen MR) is 82.3 cm³/mol. The van der Waals surface area contributed by atoms with Crippen molar-refractivity contribution >= 4 is 10.0 Å². The number of hydrogen-bond acceptors (Lipinski definition) is 2. The van der Waals surface area contributed by atoms with Crippen LogP contribution in [0.2, 0.25) is 0 Å². The summed E-state index contributed by atoms with van der Waals surface area (Å²) in [5.74, 6) is 0. The van der Waals surface area contributed by atoms with Crippen molar-refractivity contribution in [3.63, 3.8) is 0 Å². The summed E-state index contributed by atoms with van der Waals surface area (Å²) >= 11 is 0. The minimum atomic E-state index is -3.43. The van der Waals surface area contributed by atoms with Crippen molar-refractivity contribution in [1.82, 2.24) is 8.87 Å². The van der Waals surface area contributed by atoms with Gasteiger partial charge in [-0.25, -0.2) is 8.42 Å². The zero-order valence-electron chi connectivity index (χ0n) is 12.4. The summed E-state index contributed by atoms with van der Waals surface area (Å²) in [4.78, 5) is 0.384. The molecule has 0 radical (unpaired) electrons. The second-order valence-electron chi connectivity index (χ2n) is 5.70. The zero-order valence-corrected chi connectivity index (χ0v) is 13.2. The standard InChI is InChI=1S/C16H20N2O2S/c1-13-5-9-16(10-6-13)21(19,20)18(14-7-8-14)12-15-4-3-11-17(15)2/h3-6,9-11,14H,7-8,12H2,1-2H3. The molecule has 112 valence electrons. The molecule has 21 heavy (non-hydrogen) atoms. The number of aryl methyl sites for hydroxylation is 2. The summed E-state index contributed by atoms with van der Waals surface area (Å²) in [6, 6.07) is 11.2. The first kappa shape index (κ1) is 14.4. The van der Waals surface area contributed by atoms with E-state index in [1.165, 1.54) is 0 Å². The fourth-order valence-electron chi connectivity index (χ4n) is 2.44. The largest absolute Gasteiger partial charge is 0.353 e. The molecule has 1 heterocycles. The van der Waals surface area contributed by atoms with Crippen molar-refractivity contribution in [3.05, 3.63) is 53.9 Å². The van der Waals surface area contributed by atoms with E-state index in [0.717, 1.165) is 24.1 Å². The highest BCUT2D eigenvalue weighted by Crippen LogP contribution is 2.33. The topological polar surface area (TPSA) is 42.3 Å². The molecule has 0 unspecified atom stereocenters. The first-order chi connectivity index (χ1) is 9.98. The van der Waals surface area contributed by atoms with Crippen LogP contribution in [0.1, 0.15) is 24.1 Å². The lowest BCUT2D eigenvalue weighted by Gasteiger charge is -2.22. The van der Waals surface area contributed by atoms with Gasteiger partial charge in [0.15, 0.2) is 0 Å². The molecule has 1 saturated carbocycles. The monoisotopic (exact) mass is 304 g/mol. The van der Waals surface area contributed by atoms with Gasteiger partial charge < -0.3 is 4.57 Å². The van der Waals surface area contributed by atoms with Crippen molar-refractivity contribution < 1.29 is 8.42 Å². The fourth-order valence-corrected chi connectivity index (χ4v) is 4.10. The summed E-state index contributed by atoms with van der Waals surface area (Å²) in [5.41, 5.74) is 2.08. The molecule has 0 atom stereocenters. The number of sulfonamides is 1. The average molecular weight is 304 g/mol. The highest BCUT2D eigenvalue weighted by molar-refractivity contribution is 7.89. The van der Waals surface area contributed by atoms with E-state index >= 15 is 0 Å². The number of rotatable bonds is 5. The predicted octanol–water partition coefficient (Wildman–Crippen LogP) is 2.69. The van der Waals surface area contributed by atoms with Gasteiger partial charge >= 0.3 is 0 Å². The zero-order chi connectivity index (χ0) is 15.0. The number of nitrogens with zero attached hydrogens (tertiary/aromatic N) is 2. The lowest BCUT2D eigenvalue weighted by Crippen LogP contribution is -2.33. The number of hydrogen-bond donors (Lipinski definition) is 0. The molecule has 4 nitrogen and oxygen atoms in total. The van der Waals surface area contributed by atoms with E-state index in [2.05, 4.69) is 0 Å². The van der Waals surface area contributed by atoms with E-state index in [4.69, 9.17) is 0 Å². The van der Waals surface area contributed by atoms with Crippen LogP contribution in [0.5, 0.6) is 0 Å². The van der Waals surface area contributed by atoms with Gasteiger partial charge in [-0.2, -0.15) is 4.31 Å². The summed E-state index contributed by atoms with van der Waals surface area (Å²) in [6.07, 6.45) is 3.85. The van der Waals surface area contributed by atoms with Crippen molar-refractivity contribution in [1.29, 1.82) is 0 Å². The molecule has 1 aliphatic rings. The van der Waals surface area contributed by atoms with Gasteiger partial charge in [-0.05, 0) is 44.0 Å². The molecule has 3 rings (SSSR count). The third kappa shape index (κ3) is 2.89. The molecule has 0 N–H and O–H groups in total. The minimum absolute atomic E-state index is 0.145. The first-order valence-electron chi connectivity index (χ1n) is 7.17. The Kier molecular flexibility index (Phi) is 3.63. The summed E-state index contributed by atoms with van der Waals surface area (Å²) in [7, 11) is -1.48. The fraction of sp³-hybridized carbons (Fsp3) is 0.375. The van der Waals surface area contributed by atoms with Crippen LogP contribution < -0.4 is 0 Å². The Bertz CT molecular complexity index is 728. The lowest BCUT2D eigenvalue weighted by atomic mass is 10.2. The molecule has 0 aliphatic heterocycles. The van der Waals surface area contributed by atoms with Gasteiger partial charge in [0.1, 0.15) is 0 Å². The summed E-state index contributed by atoms with van der Waals surface area (Å²) < 4.78 is 29.4. The van der Waals surface area contributed by atoms with Gasteiger partial charge in [0, 0.05) is 25.0 Å². The quantitative estimate of drug-likeness (QED) is 0.852. The Morgan fingerprint density at radius 2 is 1.86 bits per heavy atom. The van der Waals surface area contributed by atoms with Crippen LogP contribution in [0.3, 0.4) is 0 Å². The molecule has 1 fully saturated rings. The van der Waals surface area contributed by atoms with Crippen molar-refractivity contribution in [2.24, 2.45) is 7.05 Å². The van der Waals surface area contributed by atoms with E-state index in [9.17, 15) is 8.42 Å². The Morgan fingerprint density at radius 1 is 1.19 bits per heavy atom. The number of aromatic nitrogens is 1. The van der Waals surface area contributed by atoms with Gasteiger partial charge in [0.25, 0.3) is 0 Å². The molecule has 1 aliphatic carbocycles. The van der Waals surface area contributed by atoms with Crippen LogP contribution in [0, 0.1) is 6.92 Å². The Morgan fingerprint density at radius 3 is 2.38 bits per heavy atom. The van der Waals surface area contributed by atoms with E-state index in [0.29, 0.717) is 11.4 Å². The summed E-state index contributed by atoms with van der Waals surface area (Å²) in [6.45, 7) is 2.39. The second-order valence-corrected chi connectivity index (χ2v) is 7.60. The molecule has 1 aromatic heterocycles. The summed E-state index contributed by atoms with van der Waals surface area (Å²) in [5, 5.41) is 0. The normalized spacial score (nSPS) is 15.6. The van der Waals surface area contributed by atoms with Gasteiger partial charge in [-0.15, -0.1) is 0 Å². The van der Waals surface area contributed by atoms with Gasteiger partial charge in [0.05, 0.1) is 11.4 Å². The van der Waals surface area contributed by atoms with Gasteiger partial charge in [-0.3, -0.25) is 0 Å². The molecular formula is C16H20N2O2S. The molecule has 0 saturated heterocycles. The van der Waals surface area contributed by atoms with E-state index < -0.39 is 10.0 Å². The Balaban J connectivity index is 1.93. The third-order valence-corrected chi connectivity index (χ3v) is 5.86. The van der Waals surface area contributed by atoms with Gasteiger partial charge in [-0.1, -0.05) is 17.7 Å². The van der Waals surface area contributed by atoms with Crippen LogP contribution in [-0.4, -0.2) is 23.3 Å². The molecule has 2 aromatic rings. The molecule has 0 amide bonds. The second kappa shape index (κ2) is 5.31. The van der Waals surface area contributed by atoms with Crippen LogP contribution in [0.4, 0.5) is 0 Å². The van der Waals surface area contributed by atoms with Crippen LogP contribution >= 0.6 is 0 Å². The maximum atomic E-state index is 12.9. The molecule has 1 aromatic carbocycles. The molecule has 0 spiro atoms. The SMILES string of the molecule is Cc1ccc(S(=O)(=O)N(Cc2cccn2C)C2CC2)cc1. The number of benzene rings is 1. The maximum Gasteiger partial charge on any atom is 0.243 e. The van der Waals surface area contributed by atoms with Crippen LogP contribution in [0.15, 0.2) is 47.5 Å².